The van der Waals surface area contributed by atoms with E-state index in [-0.39, 0.29) is 48.5 Å². The van der Waals surface area contributed by atoms with Gasteiger partial charge in [0.15, 0.2) is 17.3 Å². The van der Waals surface area contributed by atoms with E-state index in [2.05, 4.69) is 10.1 Å². The number of nitrogens with zero attached hydrogens (tertiary/aromatic N) is 4. The molecule has 0 aliphatic carbocycles. The van der Waals surface area contributed by atoms with Crippen LogP contribution in [-0.4, -0.2) is 59.8 Å². The first-order valence-corrected chi connectivity index (χ1v) is 12.0. The first kappa shape index (κ1) is 23.6. The van der Waals surface area contributed by atoms with E-state index in [0.717, 1.165) is 0 Å². The van der Waals surface area contributed by atoms with Gasteiger partial charge in [-0.25, -0.2) is 12.8 Å². The number of rotatable bonds is 6. The van der Waals surface area contributed by atoms with Gasteiger partial charge < -0.3 is 14.2 Å². The molecule has 1 aliphatic heterocycles. The van der Waals surface area contributed by atoms with E-state index < -0.39 is 15.8 Å². The van der Waals surface area contributed by atoms with Gasteiger partial charge in [0.1, 0.15) is 16.3 Å². The molecule has 11 heteroatoms. The zero-order valence-corrected chi connectivity index (χ0v) is 19.5. The number of carbonyl (C=O) groups is 1. The molecule has 0 atom stereocenters. The molecule has 0 N–H and O–H groups in total. The third-order valence-electron chi connectivity index (χ3n) is 5.35. The van der Waals surface area contributed by atoms with E-state index in [1.165, 1.54) is 34.8 Å². The summed E-state index contributed by atoms with van der Waals surface area (Å²) in [6.45, 7) is 3.91. The molecule has 0 bridgehead atoms. The Bertz CT molecular complexity index is 1300. The number of aryl methyl sites for hydroxylation is 2. The maximum absolute atomic E-state index is 14.4. The number of carbonyl (C=O) groups excluding carboxylic acids is 1. The molecule has 1 amide bonds. The van der Waals surface area contributed by atoms with Gasteiger partial charge in [-0.05, 0) is 49.8 Å². The van der Waals surface area contributed by atoms with Crippen molar-refractivity contribution in [3.63, 3.8) is 0 Å². The van der Waals surface area contributed by atoms with Crippen LogP contribution in [0.15, 0.2) is 58.2 Å². The summed E-state index contributed by atoms with van der Waals surface area (Å²) in [6, 6.07) is 7.72. The van der Waals surface area contributed by atoms with E-state index >= 15 is 0 Å². The number of aromatic nitrogens is 2. The lowest BCUT2D eigenvalue weighted by atomic mass is 10.2. The Morgan fingerprint density at radius 3 is 2.56 bits per heavy atom. The Labute approximate surface area is 196 Å². The molecule has 4 rings (SSSR count). The smallest absolute Gasteiger partial charge is 0.248 e. The molecule has 9 nitrogen and oxygen atoms in total. The highest BCUT2D eigenvalue weighted by atomic mass is 32.2. The van der Waals surface area contributed by atoms with Crippen molar-refractivity contribution in [2.24, 2.45) is 0 Å². The summed E-state index contributed by atoms with van der Waals surface area (Å²) >= 11 is 0. The minimum Gasteiger partial charge on any atom is -0.453 e. The van der Waals surface area contributed by atoms with Gasteiger partial charge in [-0.3, -0.25) is 9.78 Å². The lowest BCUT2D eigenvalue weighted by Gasteiger charge is -2.33. The fourth-order valence-corrected chi connectivity index (χ4v) is 5.35. The van der Waals surface area contributed by atoms with E-state index in [9.17, 15) is 17.6 Å². The Morgan fingerprint density at radius 1 is 1.18 bits per heavy atom. The summed E-state index contributed by atoms with van der Waals surface area (Å²) < 4.78 is 52.0. The second-order valence-corrected chi connectivity index (χ2v) is 9.57. The van der Waals surface area contributed by atoms with Crippen LogP contribution in [0.2, 0.25) is 0 Å². The van der Waals surface area contributed by atoms with Gasteiger partial charge in [0.05, 0.1) is 6.20 Å². The number of sulfonamides is 1. The molecule has 34 heavy (non-hydrogen) atoms. The minimum absolute atomic E-state index is 0.0482. The van der Waals surface area contributed by atoms with Gasteiger partial charge in [-0.15, -0.1) is 0 Å². The van der Waals surface area contributed by atoms with Gasteiger partial charge in [0, 0.05) is 38.5 Å². The molecule has 0 spiro atoms. The SMILES string of the molecule is Cc1noc(C)c1S(=O)(=O)N1CCN(C(=O)/C=C/c2ccc(Oc3cccnc3)c(F)c2)CC1. The number of halogens is 1. The monoisotopic (exact) mass is 486 g/mol. The Balaban J connectivity index is 1.36. The largest absolute Gasteiger partial charge is 0.453 e. The fraction of sp³-hybridized carbons (Fsp3) is 0.261. The summed E-state index contributed by atoms with van der Waals surface area (Å²) in [5.41, 5.74) is 0.798. The second-order valence-electron chi connectivity index (χ2n) is 7.70. The van der Waals surface area contributed by atoms with Crippen molar-refractivity contribution in [3.8, 4) is 11.5 Å². The Kier molecular flexibility index (Phi) is 6.75. The molecule has 2 aromatic heterocycles. The van der Waals surface area contributed by atoms with Crippen LogP contribution in [0.4, 0.5) is 4.39 Å². The van der Waals surface area contributed by atoms with Crippen molar-refractivity contribution >= 4 is 22.0 Å². The number of benzene rings is 1. The summed E-state index contributed by atoms with van der Waals surface area (Å²) in [4.78, 5) is 18.1. The average molecular weight is 487 g/mol. The van der Waals surface area contributed by atoms with E-state index in [1.54, 1.807) is 43.1 Å². The van der Waals surface area contributed by atoms with E-state index in [0.29, 0.717) is 17.0 Å². The van der Waals surface area contributed by atoms with Gasteiger partial charge in [0.2, 0.25) is 15.9 Å². The molecule has 1 aliphatic rings. The number of hydrogen-bond donors (Lipinski definition) is 0. The molecule has 3 aromatic rings. The third kappa shape index (κ3) is 5.00. The molecule has 3 heterocycles. The van der Waals surface area contributed by atoms with Crippen molar-refractivity contribution in [3.05, 3.63) is 71.6 Å². The van der Waals surface area contributed by atoms with E-state index in [4.69, 9.17) is 9.26 Å². The molecular formula is C23H23FN4O5S. The maximum atomic E-state index is 14.4. The zero-order chi connectivity index (χ0) is 24.3. The van der Waals surface area contributed by atoms with Crippen LogP contribution in [0.25, 0.3) is 6.08 Å². The quantitative estimate of drug-likeness (QED) is 0.493. The van der Waals surface area contributed by atoms with Crippen molar-refractivity contribution in [2.75, 3.05) is 26.2 Å². The topological polar surface area (TPSA) is 106 Å². The summed E-state index contributed by atoms with van der Waals surface area (Å²) in [5.74, 6) is -0.160. The van der Waals surface area contributed by atoms with Gasteiger partial charge >= 0.3 is 0 Å². The predicted molar refractivity (Wildman–Crippen MR) is 121 cm³/mol. The highest BCUT2D eigenvalue weighted by Gasteiger charge is 2.33. The van der Waals surface area contributed by atoms with Crippen LogP contribution < -0.4 is 4.74 Å². The average Bonchev–Trinajstić information content (AvgIpc) is 3.18. The molecule has 0 unspecified atom stereocenters. The van der Waals surface area contributed by atoms with Crippen molar-refractivity contribution < 1.29 is 26.9 Å². The molecule has 0 saturated carbocycles. The fourth-order valence-electron chi connectivity index (χ4n) is 3.63. The number of piperazine rings is 1. The predicted octanol–water partition coefficient (Wildman–Crippen LogP) is 3.16. The summed E-state index contributed by atoms with van der Waals surface area (Å²) in [6.07, 6.45) is 5.91. The van der Waals surface area contributed by atoms with Crippen LogP contribution in [0.3, 0.4) is 0 Å². The van der Waals surface area contributed by atoms with Gasteiger partial charge in [-0.1, -0.05) is 11.2 Å². The second kappa shape index (κ2) is 9.74. The number of hydrogen-bond acceptors (Lipinski definition) is 7. The van der Waals surface area contributed by atoms with Crippen LogP contribution in [0.1, 0.15) is 17.0 Å². The Morgan fingerprint density at radius 2 is 1.94 bits per heavy atom. The highest BCUT2D eigenvalue weighted by Crippen LogP contribution is 2.26. The number of ether oxygens (including phenoxy) is 1. The van der Waals surface area contributed by atoms with Crippen LogP contribution in [0.5, 0.6) is 11.5 Å². The summed E-state index contributed by atoms with van der Waals surface area (Å²) in [5, 5.41) is 3.71. The molecule has 178 valence electrons. The third-order valence-corrected chi connectivity index (χ3v) is 7.50. The minimum atomic E-state index is -3.75. The Hall–Kier alpha value is -3.57. The van der Waals surface area contributed by atoms with E-state index in [1.807, 2.05) is 0 Å². The van der Waals surface area contributed by atoms with Gasteiger partial charge in [0.25, 0.3) is 0 Å². The van der Waals surface area contributed by atoms with Crippen LogP contribution in [-0.2, 0) is 14.8 Å². The zero-order valence-electron chi connectivity index (χ0n) is 18.6. The van der Waals surface area contributed by atoms with Crippen LogP contribution in [0, 0.1) is 19.7 Å². The first-order valence-electron chi connectivity index (χ1n) is 10.5. The van der Waals surface area contributed by atoms with Crippen LogP contribution >= 0.6 is 0 Å². The standard InChI is InChI=1S/C23H23FN4O5S/c1-16-23(17(2)33-26-16)34(30,31)28-12-10-27(11-13-28)22(29)8-6-18-5-7-21(20(24)14-18)32-19-4-3-9-25-15-19/h3-9,14-15H,10-13H2,1-2H3/b8-6+. The lowest BCUT2D eigenvalue weighted by Crippen LogP contribution is -2.50. The molecule has 1 fully saturated rings. The number of amides is 1. The molecule has 1 saturated heterocycles. The van der Waals surface area contributed by atoms with Crippen molar-refractivity contribution in [2.45, 2.75) is 18.7 Å². The van der Waals surface area contributed by atoms with Crippen molar-refractivity contribution in [1.29, 1.82) is 0 Å². The summed E-state index contributed by atoms with van der Waals surface area (Å²) in [7, 11) is -3.75. The normalized spacial score (nSPS) is 15.1. The molecule has 1 aromatic carbocycles. The molecule has 0 radical (unpaired) electrons. The first-order chi connectivity index (χ1) is 16.3. The maximum Gasteiger partial charge on any atom is 0.248 e. The molecular weight excluding hydrogens is 463 g/mol. The number of pyridine rings is 1. The van der Waals surface area contributed by atoms with Gasteiger partial charge in [-0.2, -0.15) is 4.31 Å². The van der Waals surface area contributed by atoms with Crippen molar-refractivity contribution in [1.82, 2.24) is 19.3 Å². The highest BCUT2D eigenvalue weighted by molar-refractivity contribution is 7.89. The lowest BCUT2D eigenvalue weighted by molar-refractivity contribution is -0.127.